The summed E-state index contributed by atoms with van der Waals surface area (Å²) < 4.78 is 0. The average molecular weight is 247 g/mol. The Morgan fingerprint density at radius 2 is 2.07 bits per heavy atom. The van der Waals surface area contributed by atoms with Crippen LogP contribution in [0.3, 0.4) is 0 Å². The molecule has 1 aromatic heterocycles. The van der Waals surface area contributed by atoms with Crippen molar-refractivity contribution in [3.05, 3.63) is 24.0 Å². The molecule has 0 saturated heterocycles. The Morgan fingerprint density at radius 3 is 2.53 bits per heavy atom. The van der Waals surface area contributed by atoms with Gasteiger partial charge in [0.25, 0.3) is 0 Å². The number of pyridine rings is 1. The van der Waals surface area contributed by atoms with Gasteiger partial charge in [-0.25, -0.2) is 0 Å². The van der Waals surface area contributed by atoms with Crippen molar-refractivity contribution in [2.45, 2.75) is 25.8 Å². The van der Waals surface area contributed by atoms with Gasteiger partial charge in [-0.15, -0.1) is 23.2 Å². The third kappa shape index (κ3) is 2.99. The number of hydrogen-bond donors (Lipinski definition) is 1. The Balaban J connectivity index is 2.88. The van der Waals surface area contributed by atoms with Crippen molar-refractivity contribution in [2.75, 3.05) is 17.1 Å². The van der Waals surface area contributed by atoms with E-state index in [9.17, 15) is 0 Å². The monoisotopic (exact) mass is 246 g/mol. The van der Waals surface area contributed by atoms with Crippen LogP contribution in [0.5, 0.6) is 0 Å². The smallest absolute Gasteiger partial charge is 0.0641 e. The number of rotatable bonds is 5. The molecule has 0 saturated carbocycles. The molecule has 15 heavy (non-hydrogen) atoms. The molecule has 0 amide bonds. The number of aromatic nitrogens is 1. The van der Waals surface area contributed by atoms with Crippen LogP contribution in [0, 0.1) is 6.92 Å². The van der Waals surface area contributed by atoms with Gasteiger partial charge in [0.1, 0.15) is 0 Å². The van der Waals surface area contributed by atoms with Crippen LogP contribution in [0.1, 0.15) is 18.9 Å². The quantitative estimate of drug-likeness (QED) is 0.806. The highest BCUT2D eigenvalue weighted by molar-refractivity contribution is 6.22. The molecule has 0 aliphatic heterocycles. The molecule has 0 bridgehead atoms. The van der Waals surface area contributed by atoms with Crippen molar-refractivity contribution < 1.29 is 0 Å². The third-order valence-electron chi connectivity index (χ3n) is 2.61. The maximum absolute atomic E-state index is 5.96. The van der Waals surface area contributed by atoms with Crippen LogP contribution in [0.15, 0.2) is 18.5 Å². The Morgan fingerprint density at radius 1 is 1.40 bits per heavy atom. The Kier molecular flexibility index (Phi) is 4.68. The molecule has 0 aliphatic carbocycles. The fraction of sp³-hybridized carbons (Fsp3) is 0.545. The lowest BCUT2D eigenvalue weighted by Gasteiger charge is -2.31. The van der Waals surface area contributed by atoms with Gasteiger partial charge >= 0.3 is 0 Å². The van der Waals surface area contributed by atoms with Crippen LogP contribution in [0.2, 0.25) is 0 Å². The first-order valence-electron chi connectivity index (χ1n) is 4.98. The second-order valence-corrected chi connectivity index (χ2v) is 4.25. The number of hydrogen-bond acceptors (Lipinski definition) is 2. The molecule has 1 aromatic rings. The van der Waals surface area contributed by atoms with Crippen LogP contribution in [-0.2, 0) is 0 Å². The summed E-state index contributed by atoms with van der Waals surface area (Å²) in [5.41, 5.74) is 1.92. The van der Waals surface area contributed by atoms with Gasteiger partial charge in [-0.1, -0.05) is 6.92 Å². The number of aryl methyl sites for hydroxylation is 1. The second-order valence-electron chi connectivity index (χ2n) is 3.72. The van der Waals surface area contributed by atoms with Gasteiger partial charge in [0.15, 0.2) is 0 Å². The Bertz CT molecular complexity index is 303. The molecule has 0 radical (unpaired) electrons. The summed E-state index contributed by atoms with van der Waals surface area (Å²) in [4.78, 5) is 4.05. The maximum Gasteiger partial charge on any atom is 0.0641 e. The summed E-state index contributed by atoms with van der Waals surface area (Å²) in [5, 5.41) is 3.41. The molecule has 0 aromatic carbocycles. The summed E-state index contributed by atoms with van der Waals surface area (Å²) >= 11 is 11.9. The van der Waals surface area contributed by atoms with Crippen molar-refractivity contribution in [2.24, 2.45) is 0 Å². The number of halogens is 2. The van der Waals surface area contributed by atoms with Gasteiger partial charge in [-0.05, 0) is 25.0 Å². The summed E-state index contributed by atoms with van der Waals surface area (Å²) in [5.74, 6) is 0.990. The zero-order chi connectivity index (χ0) is 11.3. The summed E-state index contributed by atoms with van der Waals surface area (Å²) in [7, 11) is 0. The Labute approximate surface area is 101 Å². The minimum absolute atomic E-state index is 0.227. The van der Waals surface area contributed by atoms with Crippen LogP contribution in [0.4, 0.5) is 5.69 Å². The molecule has 0 spiro atoms. The van der Waals surface area contributed by atoms with Crippen molar-refractivity contribution in [3.63, 3.8) is 0 Å². The lowest BCUT2D eigenvalue weighted by atomic mass is 10.0. The Hall–Kier alpha value is -0.470. The zero-order valence-electron chi connectivity index (χ0n) is 9.06. The molecular weight excluding hydrogens is 231 g/mol. The molecule has 1 rings (SSSR count). The van der Waals surface area contributed by atoms with E-state index in [-0.39, 0.29) is 5.54 Å². The van der Waals surface area contributed by atoms with Crippen molar-refractivity contribution in [1.29, 1.82) is 0 Å². The van der Waals surface area contributed by atoms with Crippen molar-refractivity contribution in [3.8, 4) is 0 Å². The second kappa shape index (κ2) is 5.57. The van der Waals surface area contributed by atoms with E-state index in [4.69, 9.17) is 23.2 Å². The highest BCUT2D eigenvalue weighted by Crippen LogP contribution is 2.23. The largest absolute Gasteiger partial charge is 0.377 e. The third-order valence-corrected chi connectivity index (χ3v) is 3.63. The summed E-state index contributed by atoms with van der Waals surface area (Å²) in [6.45, 7) is 4.09. The molecule has 1 heterocycles. The molecule has 2 nitrogen and oxygen atoms in total. The van der Waals surface area contributed by atoms with E-state index in [2.05, 4.69) is 17.2 Å². The van der Waals surface area contributed by atoms with Crippen LogP contribution in [0.25, 0.3) is 0 Å². The fourth-order valence-corrected chi connectivity index (χ4v) is 2.08. The van der Waals surface area contributed by atoms with E-state index in [1.165, 1.54) is 0 Å². The standard InChI is InChI=1S/C11H16Cl2N2/c1-3-11(7-12,8-13)15-10-4-5-14-6-9(10)2/h4-6H,3,7-8H2,1-2H3,(H,14,15). The normalized spacial score (nSPS) is 11.5. The SMILES string of the molecule is CCC(CCl)(CCl)Nc1ccncc1C. The predicted octanol–water partition coefficient (Wildman–Crippen LogP) is 3.43. The molecule has 0 unspecified atom stereocenters. The highest BCUT2D eigenvalue weighted by atomic mass is 35.5. The topological polar surface area (TPSA) is 24.9 Å². The van der Waals surface area contributed by atoms with Gasteiger partial charge in [0.05, 0.1) is 5.54 Å². The molecule has 4 heteroatoms. The molecule has 0 atom stereocenters. The van der Waals surface area contributed by atoms with Gasteiger partial charge in [0, 0.05) is 29.8 Å². The van der Waals surface area contributed by atoms with E-state index in [1.54, 1.807) is 6.20 Å². The van der Waals surface area contributed by atoms with E-state index >= 15 is 0 Å². The maximum atomic E-state index is 5.96. The molecule has 0 fully saturated rings. The first-order chi connectivity index (χ1) is 7.17. The predicted molar refractivity (Wildman–Crippen MR) is 67.1 cm³/mol. The molecule has 1 N–H and O–H groups in total. The van der Waals surface area contributed by atoms with Crippen molar-refractivity contribution >= 4 is 28.9 Å². The van der Waals surface area contributed by atoms with Gasteiger partial charge in [-0.2, -0.15) is 0 Å². The average Bonchev–Trinajstić information content (AvgIpc) is 2.29. The first-order valence-corrected chi connectivity index (χ1v) is 6.05. The minimum atomic E-state index is -0.227. The first kappa shape index (κ1) is 12.6. The summed E-state index contributed by atoms with van der Waals surface area (Å²) in [6.07, 6.45) is 4.48. The molecule has 84 valence electrons. The van der Waals surface area contributed by atoms with Crippen LogP contribution in [-0.4, -0.2) is 22.3 Å². The van der Waals surface area contributed by atoms with Gasteiger partial charge in [-0.3, -0.25) is 4.98 Å². The minimum Gasteiger partial charge on any atom is -0.377 e. The number of alkyl halides is 2. The zero-order valence-corrected chi connectivity index (χ0v) is 10.6. The lowest BCUT2D eigenvalue weighted by Crippen LogP contribution is -2.41. The summed E-state index contributed by atoms with van der Waals surface area (Å²) in [6, 6.07) is 1.94. The number of anilines is 1. The van der Waals surface area contributed by atoms with Crippen LogP contribution >= 0.6 is 23.2 Å². The van der Waals surface area contributed by atoms with E-state index in [1.807, 2.05) is 19.2 Å². The molecular formula is C11H16Cl2N2. The molecule has 0 aliphatic rings. The van der Waals surface area contributed by atoms with Gasteiger partial charge in [0.2, 0.25) is 0 Å². The highest BCUT2D eigenvalue weighted by Gasteiger charge is 2.26. The van der Waals surface area contributed by atoms with E-state index in [0.717, 1.165) is 17.7 Å². The van der Waals surface area contributed by atoms with Crippen molar-refractivity contribution in [1.82, 2.24) is 4.98 Å². The van der Waals surface area contributed by atoms with Crippen LogP contribution < -0.4 is 5.32 Å². The number of nitrogens with zero attached hydrogens (tertiary/aromatic N) is 1. The van der Waals surface area contributed by atoms with E-state index < -0.39 is 0 Å². The van der Waals surface area contributed by atoms with E-state index in [0.29, 0.717) is 11.8 Å². The number of nitrogens with one attached hydrogen (secondary N) is 1. The fourth-order valence-electron chi connectivity index (χ4n) is 1.28. The lowest BCUT2D eigenvalue weighted by molar-refractivity contribution is 0.560. The van der Waals surface area contributed by atoms with Gasteiger partial charge < -0.3 is 5.32 Å².